The highest BCUT2D eigenvalue weighted by Gasteiger charge is 2.01. The molecule has 0 aliphatic heterocycles. The number of ether oxygens (including phenoxy) is 1. The van der Waals surface area contributed by atoms with Gasteiger partial charge in [-0.2, -0.15) is 4.98 Å². The second kappa shape index (κ2) is 3.67. The summed E-state index contributed by atoms with van der Waals surface area (Å²) in [5.74, 6) is 0.628. The second-order valence-corrected chi connectivity index (χ2v) is 3.20. The molecular weight excluding hydrogens is 202 g/mol. The normalized spacial score (nSPS) is 10.1. The average molecular weight is 210 g/mol. The number of nitrogens with zero attached hydrogens (tertiary/aromatic N) is 3. The Morgan fingerprint density at radius 2 is 2.29 bits per heavy atom. The molecule has 0 atom stereocenters. The molecule has 0 unspecified atom stereocenters. The van der Waals surface area contributed by atoms with Crippen LogP contribution in [0.5, 0.6) is 11.8 Å². The summed E-state index contributed by atoms with van der Waals surface area (Å²) in [6, 6.07) is 7.40. The molecule has 1 aromatic heterocycles. The topological polar surface area (TPSA) is 39.9 Å². The van der Waals surface area contributed by atoms with Gasteiger partial charge in [-0.25, -0.2) is 0 Å². The van der Waals surface area contributed by atoms with Crippen molar-refractivity contribution in [3.63, 3.8) is 0 Å². The minimum absolute atomic E-state index is 0.315. The lowest BCUT2D eigenvalue weighted by atomic mass is 10.3. The summed E-state index contributed by atoms with van der Waals surface area (Å²) >= 11 is 5.79. The molecular formula is C9H8ClN3O. The van der Waals surface area contributed by atoms with Crippen molar-refractivity contribution < 1.29 is 4.74 Å². The first-order valence-electron chi connectivity index (χ1n) is 4.03. The van der Waals surface area contributed by atoms with Crippen LogP contribution in [-0.4, -0.2) is 14.8 Å². The first-order chi connectivity index (χ1) is 6.74. The molecule has 0 aliphatic rings. The van der Waals surface area contributed by atoms with Crippen LogP contribution in [0.3, 0.4) is 0 Å². The van der Waals surface area contributed by atoms with Crippen molar-refractivity contribution in [2.24, 2.45) is 7.05 Å². The van der Waals surface area contributed by atoms with Gasteiger partial charge in [0.25, 0.3) is 0 Å². The van der Waals surface area contributed by atoms with Crippen LogP contribution < -0.4 is 4.74 Å². The van der Waals surface area contributed by atoms with Gasteiger partial charge in [-0.15, -0.1) is 5.10 Å². The third-order valence-electron chi connectivity index (χ3n) is 1.58. The van der Waals surface area contributed by atoms with Crippen molar-refractivity contribution in [2.45, 2.75) is 0 Å². The Bertz CT molecular complexity index is 441. The van der Waals surface area contributed by atoms with Gasteiger partial charge in [0.05, 0.1) is 0 Å². The van der Waals surface area contributed by atoms with Gasteiger partial charge < -0.3 is 4.74 Å². The van der Waals surface area contributed by atoms with Crippen molar-refractivity contribution in [1.29, 1.82) is 0 Å². The summed E-state index contributed by atoms with van der Waals surface area (Å²) < 4.78 is 6.92. The summed E-state index contributed by atoms with van der Waals surface area (Å²) in [6.07, 6.45) is 1.57. The molecule has 5 heteroatoms. The fraction of sp³-hybridized carbons (Fsp3) is 0.111. The van der Waals surface area contributed by atoms with E-state index in [1.807, 2.05) is 0 Å². The van der Waals surface area contributed by atoms with Crippen LogP contribution in [0.2, 0.25) is 5.02 Å². The summed E-state index contributed by atoms with van der Waals surface area (Å²) in [5.41, 5.74) is 0. The Morgan fingerprint density at radius 3 is 2.93 bits per heavy atom. The van der Waals surface area contributed by atoms with Crippen molar-refractivity contribution in [2.75, 3.05) is 0 Å². The minimum Gasteiger partial charge on any atom is -0.423 e. The van der Waals surface area contributed by atoms with Crippen LogP contribution in [0, 0.1) is 0 Å². The number of aromatic nitrogens is 3. The van der Waals surface area contributed by atoms with E-state index in [1.54, 1.807) is 42.3 Å². The maximum Gasteiger partial charge on any atom is 0.340 e. The van der Waals surface area contributed by atoms with Crippen LogP contribution >= 0.6 is 11.6 Å². The molecule has 0 radical (unpaired) electrons. The third-order valence-corrected chi connectivity index (χ3v) is 1.82. The molecule has 72 valence electrons. The zero-order chi connectivity index (χ0) is 9.97. The van der Waals surface area contributed by atoms with Crippen LogP contribution in [0.15, 0.2) is 30.6 Å². The lowest BCUT2D eigenvalue weighted by Gasteiger charge is -1.99. The van der Waals surface area contributed by atoms with Gasteiger partial charge in [-0.05, 0) is 18.2 Å². The Kier molecular flexibility index (Phi) is 2.37. The van der Waals surface area contributed by atoms with Gasteiger partial charge in [-0.3, -0.25) is 4.68 Å². The van der Waals surface area contributed by atoms with E-state index in [0.717, 1.165) is 0 Å². The summed E-state index contributed by atoms with van der Waals surface area (Å²) in [5, 5.41) is 4.60. The number of aryl methyl sites for hydroxylation is 1. The molecule has 0 bridgehead atoms. The molecule has 14 heavy (non-hydrogen) atoms. The maximum absolute atomic E-state index is 5.79. The smallest absolute Gasteiger partial charge is 0.340 e. The van der Waals surface area contributed by atoms with E-state index >= 15 is 0 Å². The zero-order valence-electron chi connectivity index (χ0n) is 7.51. The Hall–Kier alpha value is -1.55. The van der Waals surface area contributed by atoms with Crippen molar-refractivity contribution >= 4 is 11.6 Å². The Balaban J connectivity index is 2.18. The predicted molar refractivity (Wildman–Crippen MR) is 52.5 cm³/mol. The quantitative estimate of drug-likeness (QED) is 0.762. The number of hydrogen-bond acceptors (Lipinski definition) is 3. The van der Waals surface area contributed by atoms with Gasteiger partial charge in [-0.1, -0.05) is 17.7 Å². The Morgan fingerprint density at radius 1 is 1.43 bits per heavy atom. The maximum atomic E-state index is 5.79. The SMILES string of the molecule is Cn1cnc(Oc2cccc(Cl)c2)n1. The zero-order valence-corrected chi connectivity index (χ0v) is 8.27. The molecule has 0 saturated carbocycles. The molecule has 1 aromatic carbocycles. The van der Waals surface area contributed by atoms with Crippen LogP contribution in [0.4, 0.5) is 0 Å². The molecule has 0 spiro atoms. The summed E-state index contributed by atoms with van der Waals surface area (Å²) in [4.78, 5) is 3.93. The largest absolute Gasteiger partial charge is 0.423 e. The average Bonchev–Trinajstić information content (AvgIpc) is 2.51. The number of benzene rings is 1. The number of hydrogen-bond donors (Lipinski definition) is 0. The van der Waals surface area contributed by atoms with Crippen LogP contribution in [-0.2, 0) is 7.05 Å². The molecule has 0 saturated heterocycles. The van der Waals surface area contributed by atoms with Crippen LogP contribution in [0.25, 0.3) is 0 Å². The lowest BCUT2D eigenvalue weighted by Crippen LogP contribution is -1.89. The van der Waals surface area contributed by atoms with Gasteiger partial charge in [0.2, 0.25) is 0 Å². The molecule has 0 N–H and O–H groups in total. The molecule has 4 nitrogen and oxygen atoms in total. The highest BCUT2D eigenvalue weighted by atomic mass is 35.5. The first-order valence-corrected chi connectivity index (χ1v) is 4.41. The van der Waals surface area contributed by atoms with Crippen LogP contribution in [0.1, 0.15) is 0 Å². The van der Waals surface area contributed by atoms with E-state index in [1.165, 1.54) is 0 Å². The summed E-state index contributed by atoms with van der Waals surface area (Å²) in [6.45, 7) is 0. The molecule has 0 fully saturated rings. The molecule has 1 heterocycles. The van der Waals surface area contributed by atoms with Crippen molar-refractivity contribution in [3.8, 4) is 11.8 Å². The van der Waals surface area contributed by atoms with Crippen molar-refractivity contribution in [3.05, 3.63) is 35.6 Å². The van der Waals surface area contributed by atoms with Gasteiger partial charge in [0.15, 0.2) is 0 Å². The number of halogens is 1. The van der Waals surface area contributed by atoms with E-state index < -0.39 is 0 Å². The molecule has 0 aliphatic carbocycles. The Labute approximate surface area is 86.1 Å². The predicted octanol–water partition coefficient (Wildman–Crippen LogP) is 2.26. The molecule has 0 amide bonds. The van der Waals surface area contributed by atoms with Gasteiger partial charge >= 0.3 is 6.01 Å². The third kappa shape index (κ3) is 2.03. The fourth-order valence-corrected chi connectivity index (χ4v) is 1.18. The lowest BCUT2D eigenvalue weighted by molar-refractivity contribution is 0.439. The van der Waals surface area contributed by atoms with E-state index in [0.29, 0.717) is 16.8 Å². The summed E-state index contributed by atoms with van der Waals surface area (Å²) in [7, 11) is 1.78. The monoisotopic (exact) mass is 209 g/mol. The van der Waals surface area contributed by atoms with E-state index in [2.05, 4.69) is 10.1 Å². The van der Waals surface area contributed by atoms with E-state index in [9.17, 15) is 0 Å². The van der Waals surface area contributed by atoms with Crippen molar-refractivity contribution in [1.82, 2.24) is 14.8 Å². The number of rotatable bonds is 2. The molecule has 2 aromatic rings. The van der Waals surface area contributed by atoms with Gasteiger partial charge in [0, 0.05) is 12.1 Å². The van der Waals surface area contributed by atoms with E-state index in [-0.39, 0.29) is 0 Å². The van der Waals surface area contributed by atoms with E-state index in [4.69, 9.17) is 16.3 Å². The highest BCUT2D eigenvalue weighted by molar-refractivity contribution is 6.30. The highest BCUT2D eigenvalue weighted by Crippen LogP contribution is 2.20. The first kappa shape index (κ1) is 9.02. The standard InChI is InChI=1S/C9H8ClN3O/c1-13-6-11-9(12-13)14-8-4-2-3-7(10)5-8/h2-6H,1H3. The fourth-order valence-electron chi connectivity index (χ4n) is 1.00. The molecule has 2 rings (SSSR count). The minimum atomic E-state index is 0.315. The second-order valence-electron chi connectivity index (χ2n) is 2.76. The van der Waals surface area contributed by atoms with Gasteiger partial charge in [0.1, 0.15) is 12.1 Å².